The molecule has 0 atom stereocenters. The zero-order chi connectivity index (χ0) is 18.6. The lowest BCUT2D eigenvalue weighted by Gasteiger charge is -2.13. The minimum atomic E-state index is -0.939. The molecule has 0 N–H and O–H groups in total. The Bertz CT molecular complexity index is 845. The van der Waals surface area contributed by atoms with Crippen molar-refractivity contribution in [3.8, 4) is 17.2 Å². The molecule has 2 rings (SSSR count). The monoisotopic (exact) mass is 345 g/mol. The van der Waals surface area contributed by atoms with E-state index >= 15 is 0 Å². The van der Waals surface area contributed by atoms with Crippen LogP contribution in [0, 0.1) is 10.1 Å². The number of hydrogen-bond acceptors (Lipinski definition) is 7. The second kappa shape index (κ2) is 7.43. The molecule has 0 aliphatic carbocycles. The lowest BCUT2D eigenvalue weighted by atomic mass is 10.1. The van der Waals surface area contributed by atoms with Crippen molar-refractivity contribution >= 4 is 17.4 Å². The highest BCUT2D eigenvalue weighted by Crippen LogP contribution is 2.38. The highest BCUT2D eigenvalue weighted by molar-refractivity contribution is 6.01. The molecular formula is C17H15NO7. The van der Waals surface area contributed by atoms with Gasteiger partial charge in [0.25, 0.3) is 0 Å². The molecule has 0 unspecified atom stereocenters. The number of carbonyl (C=O) groups excluding carboxylic acids is 2. The molecule has 2 aromatic carbocycles. The van der Waals surface area contributed by atoms with Crippen molar-refractivity contribution in [1.29, 1.82) is 0 Å². The van der Waals surface area contributed by atoms with E-state index in [-0.39, 0.29) is 34.2 Å². The number of carbonyl (C=O) groups is 2. The second-order valence-electron chi connectivity index (χ2n) is 4.89. The lowest BCUT2D eigenvalue weighted by Crippen LogP contribution is -2.14. The summed E-state index contributed by atoms with van der Waals surface area (Å²) in [5, 5.41) is 11.1. The first-order chi connectivity index (χ1) is 11.9. The Kier molecular flexibility index (Phi) is 5.33. The lowest BCUT2D eigenvalue weighted by molar-refractivity contribution is -0.385. The molecule has 2 aromatic rings. The Hall–Kier alpha value is -3.42. The summed E-state index contributed by atoms with van der Waals surface area (Å²) in [5.74, 6) is -1.43. The molecule has 0 saturated heterocycles. The van der Waals surface area contributed by atoms with Gasteiger partial charge in [-0.25, -0.2) is 4.79 Å². The van der Waals surface area contributed by atoms with E-state index in [1.54, 1.807) is 12.1 Å². The number of nitro groups is 1. The minimum absolute atomic E-state index is 0.0376. The summed E-state index contributed by atoms with van der Waals surface area (Å²) in [5.41, 5.74) is -0.438. The van der Waals surface area contributed by atoms with E-state index in [0.717, 1.165) is 6.07 Å². The summed E-state index contributed by atoms with van der Waals surface area (Å²) >= 11 is 0. The third-order valence-corrected chi connectivity index (χ3v) is 3.39. The maximum Gasteiger partial charge on any atom is 0.351 e. The molecule has 0 spiro atoms. The third kappa shape index (κ3) is 3.57. The predicted molar refractivity (Wildman–Crippen MR) is 87.6 cm³/mol. The molecule has 0 fully saturated rings. The summed E-state index contributed by atoms with van der Waals surface area (Å²) in [6, 6.07) is 8.61. The average molecular weight is 345 g/mol. The molecular weight excluding hydrogens is 330 g/mol. The molecule has 130 valence electrons. The number of nitro benzene ring substituents is 1. The van der Waals surface area contributed by atoms with E-state index < -0.39 is 16.6 Å². The maximum absolute atomic E-state index is 12.6. The standard InChI is InChI=1S/C17H15NO7/c1-10(19)11-6-4-5-7-13(11)25-17(20)15-14(23-2)9-8-12(18(21)22)16(15)24-3/h4-9H,1-3H3. The van der Waals surface area contributed by atoms with Crippen LogP contribution in [0.25, 0.3) is 0 Å². The SMILES string of the molecule is COc1ccc([N+](=O)[O-])c(OC)c1C(=O)Oc1ccccc1C(C)=O. The molecule has 8 heteroatoms. The molecule has 0 saturated carbocycles. The molecule has 8 nitrogen and oxygen atoms in total. The number of hydrogen-bond donors (Lipinski definition) is 0. The van der Waals surface area contributed by atoms with Crippen molar-refractivity contribution in [1.82, 2.24) is 0 Å². The van der Waals surface area contributed by atoms with Crippen LogP contribution in [0.1, 0.15) is 27.6 Å². The van der Waals surface area contributed by atoms with Crippen molar-refractivity contribution < 1.29 is 28.7 Å². The number of rotatable bonds is 6. The maximum atomic E-state index is 12.6. The Labute approximate surface area is 143 Å². The van der Waals surface area contributed by atoms with E-state index in [4.69, 9.17) is 14.2 Å². The van der Waals surface area contributed by atoms with E-state index in [1.807, 2.05) is 0 Å². The van der Waals surface area contributed by atoms with Crippen LogP contribution in [-0.4, -0.2) is 30.9 Å². The topological polar surface area (TPSA) is 105 Å². The number of Topliss-reactive ketones (excluding diaryl/α,β-unsaturated/α-hetero) is 1. The number of nitrogens with zero attached hydrogens (tertiary/aromatic N) is 1. The summed E-state index contributed by atoms with van der Waals surface area (Å²) in [6.07, 6.45) is 0. The van der Waals surface area contributed by atoms with Gasteiger partial charge in [0.1, 0.15) is 11.5 Å². The fourth-order valence-corrected chi connectivity index (χ4v) is 2.26. The van der Waals surface area contributed by atoms with Gasteiger partial charge in [0.05, 0.1) is 24.7 Å². The van der Waals surface area contributed by atoms with E-state index in [9.17, 15) is 19.7 Å². The third-order valence-electron chi connectivity index (χ3n) is 3.39. The van der Waals surface area contributed by atoms with Gasteiger partial charge in [-0.2, -0.15) is 0 Å². The first kappa shape index (κ1) is 17.9. The van der Waals surface area contributed by atoms with Crippen LogP contribution in [-0.2, 0) is 0 Å². The van der Waals surface area contributed by atoms with Crippen LogP contribution >= 0.6 is 0 Å². The Morgan fingerprint density at radius 2 is 1.68 bits per heavy atom. The number of para-hydroxylation sites is 1. The largest absolute Gasteiger partial charge is 0.496 e. The van der Waals surface area contributed by atoms with Crippen LogP contribution in [0.4, 0.5) is 5.69 Å². The molecule has 0 aliphatic rings. The normalized spacial score (nSPS) is 10.0. The Balaban J connectivity index is 2.54. The van der Waals surface area contributed by atoms with Gasteiger partial charge in [-0.05, 0) is 25.1 Å². The summed E-state index contributed by atoms with van der Waals surface area (Å²) in [4.78, 5) is 34.7. The highest BCUT2D eigenvalue weighted by atomic mass is 16.6. The van der Waals surface area contributed by atoms with Gasteiger partial charge in [-0.3, -0.25) is 14.9 Å². The van der Waals surface area contributed by atoms with Crippen LogP contribution in [0.2, 0.25) is 0 Å². The Morgan fingerprint density at radius 1 is 1.00 bits per heavy atom. The first-order valence-corrected chi connectivity index (χ1v) is 7.12. The molecule has 0 heterocycles. The van der Waals surface area contributed by atoms with E-state index in [0.29, 0.717) is 0 Å². The number of methoxy groups -OCH3 is 2. The van der Waals surface area contributed by atoms with E-state index in [2.05, 4.69) is 0 Å². The molecule has 0 aromatic heterocycles. The van der Waals surface area contributed by atoms with Crippen LogP contribution in [0.15, 0.2) is 36.4 Å². The molecule has 0 aliphatic heterocycles. The molecule has 25 heavy (non-hydrogen) atoms. The number of benzene rings is 2. The highest BCUT2D eigenvalue weighted by Gasteiger charge is 2.29. The predicted octanol–water partition coefficient (Wildman–Crippen LogP) is 3.03. The van der Waals surface area contributed by atoms with Gasteiger partial charge < -0.3 is 14.2 Å². The average Bonchev–Trinajstić information content (AvgIpc) is 2.60. The van der Waals surface area contributed by atoms with Gasteiger partial charge in [-0.15, -0.1) is 0 Å². The van der Waals surface area contributed by atoms with Crippen LogP contribution in [0.3, 0.4) is 0 Å². The quantitative estimate of drug-likeness (QED) is 0.260. The van der Waals surface area contributed by atoms with Crippen LogP contribution in [0.5, 0.6) is 17.2 Å². The van der Waals surface area contributed by atoms with Crippen molar-refractivity contribution in [3.05, 3.63) is 57.6 Å². The van der Waals surface area contributed by atoms with Crippen molar-refractivity contribution in [2.75, 3.05) is 14.2 Å². The fourth-order valence-electron chi connectivity index (χ4n) is 2.26. The van der Waals surface area contributed by atoms with Crippen molar-refractivity contribution in [2.24, 2.45) is 0 Å². The van der Waals surface area contributed by atoms with Gasteiger partial charge in [0.15, 0.2) is 11.3 Å². The zero-order valence-electron chi connectivity index (χ0n) is 13.8. The number of esters is 1. The zero-order valence-corrected chi connectivity index (χ0v) is 13.8. The fraction of sp³-hybridized carbons (Fsp3) is 0.176. The minimum Gasteiger partial charge on any atom is -0.496 e. The molecule has 0 bridgehead atoms. The second-order valence-corrected chi connectivity index (χ2v) is 4.89. The molecule has 0 radical (unpaired) electrons. The number of ether oxygens (including phenoxy) is 3. The molecule has 0 amide bonds. The first-order valence-electron chi connectivity index (χ1n) is 7.12. The van der Waals surface area contributed by atoms with Gasteiger partial charge in [-0.1, -0.05) is 12.1 Å². The summed E-state index contributed by atoms with van der Waals surface area (Å²) in [7, 11) is 2.50. The van der Waals surface area contributed by atoms with Gasteiger partial charge in [0.2, 0.25) is 5.75 Å². The smallest absolute Gasteiger partial charge is 0.351 e. The van der Waals surface area contributed by atoms with Gasteiger partial charge in [0, 0.05) is 6.07 Å². The summed E-state index contributed by atoms with van der Waals surface area (Å²) in [6.45, 7) is 1.33. The van der Waals surface area contributed by atoms with Crippen molar-refractivity contribution in [3.63, 3.8) is 0 Å². The van der Waals surface area contributed by atoms with Crippen LogP contribution < -0.4 is 14.2 Å². The summed E-state index contributed by atoms with van der Waals surface area (Å²) < 4.78 is 15.4. The van der Waals surface area contributed by atoms with Crippen molar-refractivity contribution in [2.45, 2.75) is 6.92 Å². The van der Waals surface area contributed by atoms with Gasteiger partial charge >= 0.3 is 11.7 Å². The Morgan fingerprint density at radius 3 is 2.24 bits per heavy atom. The van der Waals surface area contributed by atoms with E-state index in [1.165, 1.54) is 39.3 Å². The number of ketones is 1.